The molecular weight excluding hydrogens is 287 g/mol. The summed E-state index contributed by atoms with van der Waals surface area (Å²) in [5.74, 6) is -0.677. The fourth-order valence-corrected chi connectivity index (χ4v) is 3.73. The van der Waals surface area contributed by atoms with E-state index in [1.807, 2.05) is 17.5 Å². The van der Waals surface area contributed by atoms with E-state index < -0.39 is 15.8 Å². The summed E-state index contributed by atoms with van der Waals surface area (Å²) < 4.78 is 39.9. The third-order valence-corrected chi connectivity index (χ3v) is 5.08. The van der Waals surface area contributed by atoms with Crippen LogP contribution in [0.2, 0.25) is 0 Å². The lowest BCUT2D eigenvalue weighted by molar-refractivity contribution is 0.565. The smallest absolute Gasteiger partial charge is 0.241 e. The predicted octanol–water partition coefficient (Wildman–Crippen LogP) is 2.51. The van der Waals surface area contributed by atoms with Gasteiger partial charge >= 0.3 is 0 Å². The summed E-state index contributed by atoms with van der Waals surface area (Å²) in [5, 5.41) is 1.86. The Kier molecular flexibility index (Phi) is 3.88. The second kappa shape index (κ2) is 5.28. The molecule has 0 saturated carbocycles. The molecule has 0 aliphatic rings. The molecule has 3 N–H and O–H groups in total. The number of hydrogen-bond acceptors (Lipinski definition) is 4. The molecule has 0 fully saturated rings. The zero-order valence-corrected chi connectivity index (χ0v) is 11.8. The van der Waals surface area contributed by atoms with Crippen molar-refractivity contribution in [1.82, 2.24) is 4.72 Å². The maximum absolute atomic E-state index is 13.2. The van der Waals surface area contributed by atoms with E-state index in [1.165, 1.54) is 17.4 Å². The van der Waals surface area contributed by atoms with Gasteiger partial charge in [0.2, 0.25) is 10.0 Å². The summed E-state index contributed by atoms with van der Waals surface area (Å²) in [6, 6.07) is 6.53. The lowest BCUT2D eigenvalue weighted by atomic mass is 10.3. The first kappa shape index (κ1) is 14.0. The van der Waals surface area contributed by atoms with Crippen LogP contribution in [0.5, 0.6) is 0 Å². The standard InChI is InChI=1S/C12H13FN2O2S2/c1-8(12-3-2-4-18-12)15-19(16,17)11-6-9(13)5-10(14)7-11/h2-8,15H,14H2,1H3. The van der Waals surface area contributed by atoms with Gasteiger partial charge in [-0.1, -0.05) is 6.07 Å². The molecule has 7 heteroatoms. The minimum atomic E-state index is -3.79. The molecule has 0 spiro atoms. The number of nitrogens with one attached hydrogen (secondary N) is 1. The highest BCUT2D eigenvalue weighted by Crippen LogP contribution is 2.22. The van der Waals surface area contributed by atoms with Gasteiger partial charge in [-0.3, -0.25) is 0 Å². The lowest BCUT2D eigenvalue weighted by Crippen LogP contribution is -2.26. The Morgan fingerprint density at radius 1 is 1.37 bits per heavy atom. The molecule has 19 heavy (non-hydrogen) atoms. The van der Waals surface area contributed by atoms with Crippen LogP contribution in [0.3, 0.4) is 0 Å². The Hall–Kier alpha value is -1.44. The highest BCUT2D eigenvalue weighted by Gasteiger charge is 2.20. The van der Waals surface area contributed by atoms with Gasteiger partial charge in [0.05, 0.1) is 10.9 Å². The maximum Gasteiger partial charge on any atom is 0.241 e. The number of hydrogen-bond donors (Lipinski definition) is 2. The normalized spacial score (nSPS) is 13.4. The van der Waals surface area contributed by atoms with E-state index in [0.717, 1.165) is 17.0 Å². The van der Waals surface area contributed by atoms with Crippen molar-refractivity contribution in [3.05, 3.63) is 46.4 Å². The van der Waals surface area contributed by atoms with E-state index in [0.29, 0.717) is 0 Å². The minimum Gasteiger partial charge on any atom is -0.399 e. The molecule has 0 aliphatic heterocycles. The third kappa shape index (κ3) is 3.31. The van der Waals surface area contributed by atoms with Gasteiger partial charge in [0.15, 0.2) is 0 Å². The molecule has 1 aromatic heterocycles. The zero-order chi connectivity index (χ0) is 14.0. The second-order valence-electron chi connectivity index (χ2n) is 4.08. The fraction of sp³-hybridized carbons (Fsp3) is 0.167. The SMILES string of the molecule is CC(NS(=O)(=O)c1cc(N)cc(F)c1)c1cccs1. The maximum atomic E-state index is 13.2. The average molecular weight is 300 g/mol. The third-order valence-electron chi connectivity index (χ3n) is 2.51. The van der Waals surface area contributed by atoms with Crippen LogP contribution in [0.25, 0.3) is 0 Å². The van der Waals surface area contributed by atoms with E-state index in [-0.39, 0.29) is 16.6 Å². The first-order valence-corrected chi connectivity index (χ1v) is 7.86. The monoisotopic (exact) mass is 300 g/mol. The van der Waals surface area contributed by atoms with E-state index in [9.17, 15) is 12.8 Å². The fourth-order valence-electron chi connectivity index (χ4n) is 1.64. The molecule has 0 aliphatic carbocycles. The molecule has 1 atom stereocenters. The summed E-state index contributed by atoms with van der Waals surface area (Å²) in [6.07, 6.45) is 0. The summed E-state index contributed by atoms with van der Waals surface area (Å²) in [7, 11) is -3.79. The highest BCUT2D eigenvalue weighted by molar-refractivity contribution is 7.89. The predicted molar refractivity (Wildman–Crippen MR) is 73.9 cm³/mol. The first-order valence-electron chi connectivity index (χ1n) is 5.50. The molecule has 0 radical (unpaired) electrons. The van der Waals surface area contributed by atoms with Crippen molar-refractivity contribution in [3.63, 3.8) is 0 Å². The lowest BCUT2D eigenvalue weighted by Gasteiger charge is -2.13. The Morgan fingerprint density at radius 3 is 2.68 bits per heavy atom. The van der Waals surface area contributed by atoms with Crippen LogP contribution in [-0.4, -0.2) is 8.42 Å². The molecule has 1 aromatic carbocycles. The second-order valence-corrected chi connectivity index (χ2v) is 6.77. The molecular formula is C12H13FN2O2S2. The van der Waals surface area contributed by atoms with E-state index in [1.54, 1.807) is 6.92 Å². The molecule has 1 heterocycles. The Balaban J connectivity index is 2.27. The van der Waals surface area contributed by atoms with Crippen molar-refractivity contribution in [3.8, 4) is 0 Å². The number of rotatable bonds is 4. The molecule has 1 unspecified atom stereocenters. The van der Waals surface area contributed by atoms with Gasteiger partial charge in [0.1, 0.15) is 5.82 Å². The van der Waals surface area contributed by atoms with Gasteiger partial charge in [-0.05, 0) is 36.6 Å². The number of nitrogen functional groups attached to an aromatic ring is 1. The van der Waals surface area contributed by atoms with Crippen molar-refractivity contribution in [2.45, 2.75) is 17.9 Å². The number of halogens is 1. The Labute approximate surface area is 115 Å². The van der Waals surface area contributed by atoms with Crippen molar-refractivity contribution in [2.75, 3.05) is 5.73 Å². The Bertz CT molecular complexity index is 649. The number of sulfonamides is 1. The number of benzene rings is 1. The van der Waals surface area contributed by atoms with Crippen molar-refractivity contribution >= 4 is 27.0 Å². The van der Waals surface area contributed by atoms with Crippen molar-refractivity contribution < 1.29 is 12.8 Å². The summed E-state index contributed by atoms with van der Waals surface area (Å²) in [6.45, 7) is 1.73. The van der Waals surface area contributed by atoms with E-state index in [4.69, 9.17) is 5.73 Å². The van der Waals surface area contributed by atoms with Crippen LogP contribution in [0.15, 0.2) is 40.6 Å². The molecule has 102 valence electrons. The number of anilines is 1. The van der Waals surface area contributed by atoms with Crippen LogP contribution < -0.4 is 10.5 Å². The quantitative estimate of drug-likeness (QED) is 0.852. The van der Waals surface area contributed by atoms with E-state index in [2.05, 4.69) is 4.72 Å². The van der Waals surface area contributed by atoms with E-state index >= 15 is 0 Å². The molecule has 0 amide bonds. The van der Waals surface area contributed by atoms with Crippen LogP contribution in [0.1, 0.15) is 17.8 Å². The van der Waals surface area contributed by atoms with Gasteiger partial charge in [0, 0.05) is 10.6 Å². The summed E-state index contributed by atoms with van der Waals surface area (Å²) in [5.41, 5.74) is 5.52. The molecule has 2 aromatic rings. The van der Waals surface area contributed by atoms with Gasteiger partial charge in [0.25, 0.3) is 0 Å². The first-order chi connectivity index (χ1) is 8.88. The van der Waals surface area contributed by atoms with Crippen LogP contribution in [0.4, 0.5) is 10.1 Å². The number of thiophene rings is 1. The summed E-state index contributed by atoms with van der Waals surface area (Å²) >= 11 is 1.45. The molecule has 0 saturated heterocycles. The largest absolute Gasteiger partial charge is 0.399 e. The Morgan fingerprint density at radius 2 is 2.11 bits per heavy atom. The summed E-state index contributed by atoms with van der Waals surface area (Å²) in [4.78, 5) is 0.710. The van der Waals surface area contributed by atoms with Gasteiger partial charge in [-0.2, -0.15) is 0 Å². The average Bonchev–Trinajstić information content (AvgIpc) is 2.80. The van der Waals surface area contributed by atoms with Gasteiger partial charge in [-0.15, -0.1) is 11.3 Å². The molecule has 0 bridgehead atoms. The van der Waals surface area contributed by atoms with Crippen LogP contribution in [0, 0.1) is 5.82 Å². The number of nitrogens with two attached hydrogens (primary N) is 1. The minimum absolute atomic E-state index is 0.0733. The molecule has 4 nitrogen and oxygen atoms in total. The highest BCUT2D eigenvalue weighted by atomic mass is 32.2. The topological polar surface area (TPSA) is 72.2 Å². The van der Waals surface area contributed by atoms with Gasteiger partial charge in [-0.25, -0.2) is 17.5 Å². The van der Waals surface area contributed by atoms with Crippen LogP contribution in [-0.2, 0) is 10.0 Å². The van der Waals surface area contributed by atoms with Crippen molar-refractivity contribution in [1.29, 1.82) is 0 Å². The zero-order valence-electron chi connectivity index (χ0n) is 10.1. The molecule has 2 rings (SSSR count). The van der Waals surface area contributed by atoms with Gasteiger partial charge < -0.3 is 5.73 Å². The van der Waals surface area contributed by atoms with Crippen molar-refractivity contribution in [2.24, 2.45) is 0 Å². The van der Waals surface area contributed by atoms with Crippen LogP contribution >= 0.6 is 11.3 Å².